The molecule has 0 aromatic heterocycles. The van der Waals surface area contributed by atoms with Crippen molar-refractivity contribution >= 4 is 11.7 Å². The fourth-order valence-electron chi connectivity index (χ4n) is 1.28. The molecule has 0 aliphatic heterocycles. The Labute approximate surface area is 82.0 Å². The third-order valence-electron chi connectivity index (χ3n) is 2.01. The summed E-state index contributed by atoms with van der Waals surface area (Å²) in [5, 5.41) is 18.4. The summed E-state index contributed by atoms with van der Waals surface area (Å²) in [6, 6.07) is 2.84. The van der Waals surface area contributed by atoms with Gasteiger partial charge in [-0.15, -0.1) is 0 Å². The number of aromatic carboxylic acids is 1. The molecule has 0 amide bonds. The molecule has 0 saturated heterocycles. The third-order valence-corrected chi connectivity index (χ3v) is 2.01. The number of hydrogen-bond acceptors (Lipinski definition) is 3. The van der Waals surface area contributed by atoms with E-state index in [1.54, 1.807) is 6.07 Å². The molecule has 1 rings (SSSR count). The number of benzene rings is 1. The number of anilines is 1. The molecule has 14 heavy (non-hydrogen) atoms. The lowest BCUT2D eigenvalue weighted by Crippen LogP contribution is -2.02. The van der Waals surface area contributed by atoms with E-state index in [1.807, 2.05) is 13.8 Å². The molecular formula is C10H13NO3. The molecule has 4 N–H and O–H groups in total. The van der Waals surface area contributed by atoms with E-state index in [0.29, 0.717) is 11.3 Å². The second kappa shape index (κ2) is 3.57. The Hall–Kier alpha value is -1.71. The van der Waals surface area contributed by atoms with E-state index in [-0.39, 0.29) is 17.2 Å². The number of aromatic hydroxyl groups is 1. The van der Waals surface area contributed by atoms with Crippen LogP contribution < -0.4 is 5.73 Å². The predicted molar refractivity (Wildman–Crippen MR) is 53.6 cm³/mol. The first-order valence-corrected chi connectivity index (χ1v) is 4.29. The zero-order valence-corrected chi connectivity index (χ0v) is 8.11. The summed E-state index contributed by atoms with van der Waals surface area (Å²) in [5.41, 5.74) is 6.29. The maximum absolute atomic E-state index is 10.7. The fraction of sp³-hybridized carbons (Fsp3) is 0.300. The number of nitrogen functional groups attached to an aromatic ring is 1. The van der Waals surface area contributed by atoms with Gasteiger partial charge < -0.3 is 15.9 Å². The molecule has 0 aliphatic carbocycles. The van der Waals surface area contributed by atoms with E-state index in [2.05, 4.69) is 0 Å². The highest BCUT2D eigenvalue weighted by molar-refractivity contribution is 5.92. The first kappa shape index (κ1) is 10.4. The summed E-state index contributed by atoms with van der Waals surface area (Å²) in [4.78, 5) is 10.7. The second-order valence-electron chi connectivity index (χ2n) is 3.47. The van der Waals surface area contributed by atoms with Gasteiger partial charge in [0.15, 0.2) is 0 Å². The van der Waals surface area contributed by atoms with Gasteiger partial charge in [0.25, 0.3) is 0 Å². The van der Waals surface area contributed by atoms with Crippen molar-refractivity contribution in [3.05, 3.63) is 23.3 Å². The molecule has 0 atom stereocenters. The highest BCUT2D eigenvalue weighted by Crippen LogP contribution is 2.31. The minimum atomic E-state index is -1.17. The monoisotopic (exact) mass is 195 g/mol. The third kappa shape index (κ3) is 1.79. The van der Waals surface area contributed by atoms with E-state index in [9.17, 15) is 9.90 Å². The summed E-state index contributed by atoms with van der Waals surface area (Å²) in [7, 11) is 0. The second-order valence-corrected chi connectivity index (χ2v) is 3.47. The van der Waals surface area contributed by atoms with Crippen LogP contribution in [0.3, 0.4) is 0 Å². The van der Waals surface area contributed by atoms with Gasteiger partial charge >= 0.3 is 5.97 Å². The Balaban J connectivity index is 3.40. The molecule has 0 radical (unpaired) electrons. The predicted octanol–water partition coefficient (Wildman–Crippen LogP) is 1.80. The number of carbonyl (C=O) groups is 1. The van der Waals surface area contributed by atoms with Crippen molar-refractivity contribution in [1.29, 1.82) is 0 Å². The molecule has 1 aromatic rings. The minimum Gasteiger partial charge on any atom is -0.507 e. The first-order valence-electron chi connectivity index (χ1n) is 4.29. The molecule has 0 heterocycles. The van der Waals surface area contributed by atoms with Crippen molar-refractivity contribution in [3.8, 4) is 5.75 Å². The van der Waals surface area contributed by atoms with Crippen LogP contribution in [0.25, 0.3) is 0 Å². The minimum absolute atomic E-state index is 0.0385. The maximum Gasteiger partial charge on any atom is 0.339 e. The lowest BCUT2D eigenvalue weighted by atomic mass is 9.98. The molecule has 76 valence electrons. The number of carboxylic acid groups (broad SMARTS) is 1. The number of hydrogen-bond donors (Lipinski definition) is 3. The molecule has 4 heteroatoms. The lowest BCUT2D eigenvalue weighted by Gasteiger charge is -2.11. The van der Waals surface area contributed by atoms with Crippen LogP contribution in [-0.2, 0) is 0 Å². The van der Waals surface area contributed by atoms with Crippen molar-refractivity contribution < 1.29 is 15.0 Å². The highest BCUT2D eigenvalue weighted by Gasteiger charge is 2.16. The molecule has 0 fully saturated rings. The normalized spacial score (nSPS) is 10.5. The Morgan fingerprint density at radius 2 is 2.00 bits per heavy atom. The van der Waals surface area contributed by atoms with E-state index in [1.165, 1.54) is 6.07 Å². The number of nitrogens with two attached hydrogens (primary N) is 1. The first-order chi connectivity index (χ1) is 6.43. The smallest absolute Gasteiger partial charge is 0.339 e. The van der Waals surface area contributed by atoms with Crippen LogP contribution in [0.15, 0.2) is 12.1 Å². The molecule has 0 aliphatic rings. The topological polar surface area (TPSA) is 83.6 Å². The molecule has 4 nitrogen and oxygen atoms in total. The highest BCUT2D eigenvalue weighted by atomic mass is 16.4. The van der Waals surface area contributed by atoms with Crippen LogP contribution in [0.5, 0.6) is 5.75 Å². The number of carboxylic acids is 1. The van der Waals surface area contributed by atoms with E-state index in [4.69, 9.17) is 10.8 Å². The van der Waals surface area contributed by atoms with Gasteiger partial charge in [-0.2, -0.15) is 0 Å². The van der Waals surface area contributed by atoms with Crippen molar-refractivity contribution in [3.63, 3.8) is 0 Å². The summed E-state index contributed by atoms with van der Waals surface area (Å²) < 4.78 is 0. The number of rotatable bonds is 2. The van der Waals surface area contributed by atoms with Crippen LogP contribution in [-0.4, -0.2) is 16.2 Å². The van der Waals surface area contributed by atoms with Gasteiger partial charge in [0.2, 0.25) is 0 Å². The van der Waals surface area contributed by atoms with E-state index < -0.39 is 5.97 Å². The van der Waals surface area contributed by atoms with Gasteiger partial charge in [-0.3, -0.25) is 0 Å². The standard InChI is InChI=1S/C10H13NO3/c1-5(2)7-3-6(11)4-8(9(7)12)10(13)14/h3-5,12H,11H2,1-2H3,(H,13,14). The van der Waals surface area contributed by atoms with Crippen LogP contribution in [0.1, 0.15) is 35.7 Å². The van der Waals surface area contributed by atoms with Gasteiger partial charge in [-0.25, -0.2) is 4.79 Å². The lowest BCUT2D eigenvalue weighted by molar-refractivity contribution is 0.0693. The summed E-state index contributed by atoms with van der Waals surface area (Å²) >= 11 is 0. The van der Waals surface area contributed by atoms with Gasteiger partial charge in [0, 0.05) is 5.69 Å². The van der Waals surface area contributed by atoms with Gasteiger partial charge in [-0.1, -0.05) is 13.8 Å². The summed E-state index contributed by atoms with van der Waals surface area (Å²) in [6.07, 6.45) is 0. The van der Waals surface area contributed by atoms with Crippen LogP contribution in [0.2, 0.25) is 0 Å². The summed E-state index contributed by atoms with van der Waals surface area (Å²) in [6.45, 7) is 3.72. The Morgan fingerprint density at radius 1 is 1.43 bits per heavy atom. The van der Waals surface area contributed by atoms with Crippen LogP contribution in [0.4, 0.5) is 5.69 Å². The molecule has 0 unspecified atom stereocenters. The fourth-order valence-corrected chi connectivity index (χ4v) is 1.28. The zero-order chi connectivity index (χ0) is 10.9. The maximum atomic E-state index is 10.7. The van der Waals surface area contributed by atoms with Gasteiger partial charge in [0.1, 0.15) is 11.3 Å². The van der Waals surface area contributed by atoms with E-state index in [0.717, 1.165) is 0 Å². The van der Waals surface area contributed by atoms with Crippen molar-refractivity contribution in [1.82, 2.24) is 0 Å². The van der Waals surface area contributed by atoms with Crippen molar-refractivity contribution in [2.24, 2.45) is 0 Å². The molecule has 0 saturated carbocycles. The SMILES string of the molecule is CC(C)c1cc(N)cc(C(=O)O)c1O. The largest absolute Gasteiger partial charge is 0.507 e. The van der Waals surface area contributed by atoms with Gasteiger partial charge in [0.05, 0.1) is 0 Å². The molecule has 0 bridgehead atoms. The zero-order valence-electron chi connectivity index (χ0n) is 8.11. The average molecular weight is 195 g/mol. The molecular weight excluding hydrogens is 182 g/mol. The number of phenols is 1. The van der Waals surface area contributed by atoms with Crippen molar-refractivity contribution in [2.45, 2.75) is 19.8 Å². The Bertz CT molecular complexity index is 372. The van der Waals surface area contributed by atoms with Crippen LogP contribution in [0, 0.1) is 0 Å². The van der Waals surface area contributed by atoms with Gasteiger partial charge in [-0.05, 0) is 23.6 Å². The summed E-state index contributed by atoms with van der Waals surface area (Å²) in [5.74, 6) is -1.32. The quantitative estimate of drug-likeness (QED) is 0.496. The molecule has 0 spiro atoms. The van der Waals surface area contributed by atoms with Crippen molar-refractivity contribution in [2.75, 3.05) is 5.73 Å². The van der Waals surface area contributed by atoms with E-state index >= 15 is 0 Å². The molecule has 1 aromatic carbocycles. The Kier molecular flexibility index (Phi) is 2.65. The van der Waals surface area contributed by atoms with Crippen LogP contribution >= 0.6 is 0 Å². The average Bonchev–Trinajstić information content (AvgIpc) is 2.07. The Morgan fingerprint density at radius 3 is 2.43 bits per heavy atom.